The summed E-state index contributed by atoms with van der Waals surface area (Å²) in [4.78, 5) is 58.9. The average molecular weight is 526 g/mol. The van der Waals surface area contributed by atoms with Crippen molar-refractivity contribution in [3.63, 3.8) is 0 Å². The summed E-state index contributed by atoms with van der Waals surface area (Å²) in [5.41, 5.74) is 0. The lowest BCUT2D eigenvalue weighted by Crippen LogP contribution is -2.36. The molecule has 3 heterocycles. The topological polar surface area (TPSA) is 155 Å². The predicted molar refractivity (Wildman–Crippen MR) is 132 cm³/mol. The Morgan fingerprint density at radius 2 is 1.56 bits per heavy atom. The summed E-state index contributed by atoms with van der Waals surface area (Å²) >= 11 is 1.88. The minimum absolute atomic E-state index is 0.00750. The van der Waals surface area contributed by atoms with Gasteiger partial charge in [-0.1, -0.05) is 6.42 Å². The quantitative estimate of drug-likeness (QED) is 0.110. The van der Waals surface area contributed by atoms with Gasteiger partial charge in [0.15, 0.2) is 0 Å². The van der Waals surface area contributed by atoms with Gasteiger partial charge in [0.25, 0.3) is 11.8 Å². The number of urea groups is 1. The summed E-state index contributed by atoms with van der Waals surface area (Å²) in [7, 11) is 0. The number of amides is 6. The number of nitrogens with one attached hydrogen (secondary N) is 4. The Balaban J connectivity index is 1.06. The van der Waals surface area contributed by atoms with E-state index in [1.54, 1.807) is 0 Å². The largest absolute Gasteiger partial charge is 0.377 e. The van der Waals surface area contributed by atoms with Crippen LogP contribution in [0.15, 0.2) is 12.2 Å². The first-order valence-corrected chi connectivity index (χ1v) is 13.4. The van der Waals surface area contributed by atoms with Crippen molar-refractivity contribution in [1.82, 2.24) is 26.2 Å². The Morgan fingerprint density at radius 1 is 0.917 bits per heavy atom. The number of carbonyl (C=O) groups is 5. The van der Waals surface area contributed by atoms with Crippen LogP contribution in [0.1, 0.15) is 32.1 Å². The summed E-state index contributed by atoms with van der Waals surface area (Å²) in [6.45, 7) is 2.27. The monoisotopic (exact) mass is 525 g/mol. The van der Waals surface area contributed by atoms with Gasteiger partial charge < -0.3 is 30.7 Å². The smallest absolute Gasteiger partial charge is 0.315 e. The second-order valence-corrected chi connectivity index (χ2v) is 9.98. The van der Waals surface area contributed by atoms with E-state index in [-0.39, 0.29) is 42.9 Å². The molecule has 2 fully saturated rings. The van der Waals surface area contributed by atoms with E-state index in [9.17, 15) is 24.0 Å². The molecule has 0 aliphatic carbocycles. The van der Waals surface area contributed by atoms with E-state index in [0.29, 0.717) is 51.2 Å². The average Bonchev–Trinajstić information content (AvgIpc) is 3.50. The third kappa shape index (κ3) is 9.10. The zero-order chi connectivity index (χ0) is 25.8. The van der Waals surface area contributed by atoms with Gasteiger partial charge in [0.2, 0.25) is 11.8 Å². The molecule has 13 heteroatoms. The van der Waals surface area contributed by atoms with E-state index >= 15 is 0 Å². The normalized spacial score (nSPS) is 22.5. The molecule has 36 heavy (non-hydrogen) atoms. The molecule has 0 aromatic rings. The second-order valence-electron chi connectivity index (χ2n) is 8.70. The molecule has 0 saturated carbocycles. The molecule has 12 nitrogen and oxygen atoms in total. The lowest BCUT2D eigenvalue weighted by atomic mass is 10.0. The lowest BCUT2D eigenvalue weighted by molar-refractivity contribution is -0.137. The molecule has 4 N–H and O–H groups in total. The Kier molecular flexibility index (Phi) is 11.5. The minimum Gasteiger partial charge on any atom is -0.377 e. The fraction of sp³-hybridized carbons (Fsp3) is 0.696. The highest BCUT2D eigenvalue weighted by atomic mass is 32.2. The molecule has 0 spiro atoms. The van der Waals surface area contributed by atoms with Crippen molar-refractivity contribution in [1.29, 1.82) is 0 Å². The molecule has 6 amide bonds. The van der Waals surface area contributed by atoms with E-state index in [2.05, 4.69) is 21.3 Å². The van der Waals surface area contributed by atoms with Crippen molar-refractivity contribution in [2.45, 2.75) is 49.4 Å². The number of thioether (sulfide) groups is 1. The number of hydrogen-bond acceptors (Lipinski definition) is 8. The van der Waals surface area contributed by atoms with Gasteiger partial charge in [0, 0.05) is 55.6 Å². The molecule has 3 aliphatic rings. The number of nitrogens with zero attached hydrogens (tertiary/aromatic N) is 1. The minimum atomic E-state index is -0.400. The van der Waals surface area contributed by atoms with Crippen LogP contribution in [0.2, 0.25) is 0 Å². The van der Waals surface area contributed by atoms with E-state index in [4.69, 9.17) is 9.47 Å². The number of rotatable bonds is 17. The molecule has 200 valence electrons. The van der Waals surface area contributed by atoms with E-state index in [0.717, 1.165) is 29.9 Å². The number of ether oxygens (including phenoxy) is 2. The number of imide groups is 1. The lowest BCUT2D eigenvalue weighted by Gasteiger charge is -2.16. The van der Waals surface area contributed by atoms with Gasteiger partial charge >= 0.3 is 6.03 Å². The zero-order valence-corrected chi connectivity index (χ0v) is 21.1. The SMILES string of the molecule is O=C(CCCC[C@H]1SC[C@@H]2NC(=O)N[C@H]21)NCCOCCOCCNC(=O)CCN1C(=O)C=CC1=O. The van der Waals surface area contributed by atoms with Crippen LogP contribution < -0.4 is 21.3 Å². The van der Waals surface area contributed by atoms with Gasteiger partial charge in [0.05, 0.1) is 38.5 Å². The maximum absolute atomic E-state index is 11.9. The molecule has 0 aromatic heterocycles. The highest BCUT2D eigenvalue weighted by Crippen LogP contribution is 2.33. The Bertz CT molecular complexity index is 822. The standard InChI is InChI=1S/C23H35N5O7S/c29-18(4-2-1-3-17-22-16(15-36-17)26-23(33)27-22)24-8-11-34-13-14-35-12-9-25-19(30)7-10-28-20(31)5-6-21(28)32/h5-6,16-17,22H,1-4,7-15H2,(H,24,29)(H,25,30)(H2,26,27,33)/t16-,17+,22+/m0/s1. The molecule has 2 saturated heterocycles. The van der Waals surface area contributed by atoms with Gasteiger partial charge in [-0.25, -0.2) is 4.79 Å². The molecular formula is C23H35N5O7S. The van der Waals surface area contributed by atoms with E-state index in [1.807, 2.05) is 11.8 Å². The molecule has 0 radical (unpaired) electrons. The summed E-state index contributed by atoms with van der Waals surface area (Å²) in [6.07, 6.45) is 5.67. The van der Waals surface area contributed by atoms with Crippen LogP contribution in [0, 0.1) is 0 Å². The molecule has 0 bridgehead atoms. The summed E-state index contributed by atoms with van der Waals surface area (Å²) < 4.78 is 10.8. The zero-order valence-electron chi connectivity index (χ0n) is 20.3. The first kappa shape index (κ1) is 27.9. The van der Waals surface area contributed by atoms with Gasteiger partial charge in [-0.15, -0.1) is 0 Å². The van der Waals surface area contributed by atoms with Gasteiger partial charge in [-0.2, -0.15) is 11.8 Å². The Morgan fingerprint density at radius 3 is 2.22 bits per heavy atom. The third-order valence-electron chi connectivity index (χ3n) is 6.05. The molecule has 3 aliphatic heterocycles. The van der Waals surface area contributed by atoms with Crippen LogP contribution in [0.4, 0.5) is 4.79 Å². The molecule has 3 atom stereocenters. The van der Waals surface area contributed by atoms with E-state index < -0.39 is 11.8 Å². The summed E-state index contributed by atoms with van der Waals surface area (Å²) in [5, 5.41) is 11.8. The van der Waals surface area contributed by atoms with Crippen LogP contribution in [0.25, 0.3) is 0 Å². The van der Waals surface area contributed by atoms with E-state index in [1.165, 1.54) is 12.2 Å². The van der Waals surface area contributed by atoms with Gasteiger partial charge in [-0.05, 0) is 12.8 Å². The molecule has 3 rings (SSSR count). The number of carbonyl (C=O) groups excluding carboxylic acids is 5. The highest BCUT2D eigenvalue weighted by molar-refractivity contribution is 8.00. The predicted octanol–water partition coefficient (Wildman–Crippen LogP) is -0.707. The van der Waals surface area contributed by atoms with Crippen LogP contribution >= 0.6 is 11.8 Å². The van der Waals surface area contributed by atoms with Crippen LogP contribution in [-0.2, 0) is 28.7 Å². The summed E-state index contributed by atoms with van der Waals surface area (Å²) in [6, 6.07) is 0.368. The first-order chi connectivity index (χ1) is 17.4. The van der Waals surface area contributed by atoms with Crippen LogP contribution in [0.5, 0.6) is 0 Å². The van der Waals surface area contributed by atoms with Crippen LogP contribution in [-0.4, -0.2) is 104 Å². The van der Waals surface area contributed by atoms with Gasteiger partial charge in [-0.3, -0.25) is 24.1 Å². The van der Waals surface area contributed by atoms with Crippen LogP contribution in [0.3, 0.4) is 0 Å². The van der Waals surface area contributed by atoms with Crippen molar-refractivity contribution in [3.05, 3.63) is 12.2 Å². The van der Waals surface area contributed by atoms with Crippen molar-refractivity contribution >= 4 is 41.4 Å². The third-order valence-corrected chi connectivity index (χ3v) is 7.56. The second kappa shape index (κ2) is 14.8. The fourth-order valence-electron chi connectivity index (χ4n) is 4.16. The van der Waals surface area contributed by atoms with Crippen molar-refractivity contribution in [3.8, 4) is 0 Å². The van der Waals surface area contributed by atoms with Crippen molar-refractivity contribution < 1.29 is 33.4 Å². The Labute approximate surface area is 214 Å². The summed E-state index contributed by atoms with van der Waals surface area (Å²) in [5.74, 6) is -0.107. The molecule has 0 aromatic carbocycles. The number of unbranched alkanes of at least 4 members (excludes halogenated alkanes) is 1. The Hall–Kier alpha value is -2.64. The number of fused-ring (bicyclic) bond motifs is 1. The maximum atomic E-state index is 11.9. The first-order valence-electron chi connectivity index (χ1n) is 12.3. The van der Waals surface area contributed by atoms with Crippen molar-refractivity contribution in [2.75, 3.05) is 51.8 Å². The number of hydrogen-bond donors (Lipinski definition) is 4. The fourth-order valence-corrected chi connectivity index (χ4v) is 5.71. The maximum Gasteiger partial charge on any atom is 0.315 e. The highest BCUT2D eigenvalue weighted by Gasteiger charge is 2.42. The van der Waals surface area contributed by atoms with Gasteiger partial charge in [0.1, 0.15) is 0 Å². The van der Waals surface area contributed by atoms with Crippen molar-refractivity contribution in [2.24, 2.45) is 0 Å². The molecule has 0 unspecified atom stereocenters. The molecular weight excluding hydrogens is 490 g/mol.